The Kier molecular flexibility index (Phi) is 4.88. The van der Waals surface area contributed by atoms with E-state index in [1.54, 1.807) is 26.0 Å². The molecule has 2 aromatic rings. The average Bonchev–Trinajstić information content (AvgIpc) is 2.48. The standard InChI is InChI=1S/C16H15F2NO4S/c1-9-4-5-15(10(2)6-9)24(21,22)19-14-7-11(16(20)23-3)12(17)8-13(14)18/h4-8,19H,1-3H3. The maximum absolute atomic E-state index is 13.9. The fraction of sp³-hybridized carbons (Fsp3) is 0.188. The lowest BCUT2D eigenvalue weighted by Crippen LogP contribution is -2.16. The average molecular weight is 355 g/mol. The van der Waals surface area contributed by atoms with Gasteiger partial charge in [-0.3, -0.25) is 4.72 Å². The summed E-state index contributed by atoms with van der Waals surface area (Å²) in [6.07, 6.45) is 0. The summed E-state index contributed by atoms with van der Waals surface area (Å²) in [6.45, 7) is 3.40. The number of halogens is 2. The third-order valence-electron chi connectivity index (χ3n) is 3.33. The van der Waals surface area contributed by atoms with Crippen molar-refractivity contribution in [3.63, 3.8) is 0 Å². The third-order valence-corrected chi connectivity index (χ3v) is 4.85. The van der Waals surface area contributed by atoms with E-state index in [2.05, 4.69) is 4.74 Å². The molecular weight excluding hydrogens is 340 g/mol. The van der Waals surface area contributed by atoms with E-state index in [4.69, 9.17) is 0 Å². The Morgan fingerprint density at radius 2 is 1.75 bits per heavy atom. The van der Waals surface area contributed by atoms with Gasteiger partial charge in [-0.15, -0.1) is 0 Å². The quantitative estimate of drug-likeness (QED) is 0.855. The van der Waals surface area contributed by atoms with Gasteiger partial charge in [-0.1, -0.05) is 17.7 Å². The largest absolute Gasteiger partial charge is 0.465 e. The summed E-state index contributed by atoms with van der Waals surface area (Å²) in [5, 5.41) is 0. The first-order chi connectivity index (χ1) is 11.2. The van der Waals surface area contributed by atoms with Crippen molar-refractivity contribution in [2.75, 3.05) is 11.8 Å². The number of hydrogen-bond acceptors (Lipinski definition) is 4. The minimum Gasteiger partial charge on any atom is -0.465 e. The molecule has 0 aliphatic carbocycles. The molecule has 0 radical (unpaired) electrons. The van der Waals surface area contributed by atoms with Crippen LogP contribution in [0.3, 0.4) is 0 Å². The van der Waals surface area contributed by atoms with Gasteiger partial charge in [-0.2, -0.15) is 0 Å². The minimum atomic E-state index is -4.11. The number of aryl methyl sites for hydroxylation is 2. The Morgan fingerprint density at radius 3 is 2.33 bits per heavy atom. The molecule has 24 heavy (non-hydrogen) atoms. The maximum atomic E-state index is 13.9. The Labute approximate surface area is 138 Å². The Hall–Kier alpha value is -2.48. The lowest BCUT2D eigenvalue weighted by Gasteiger charge is -2.13. The fourth-order valence-corrected chi connectivity index (χ4v) is 3.48. The first kappa shape index (κ1) is 17.9. The van der Waals surface area contributed by atoms with Gasteiger partial charge in [-0.25, -0.2) is 22.0 Å². The molecule has 0 amide bonds. The second-order valence-corrected chi connectivity index (χ2v) is 6.83. The zero-order chi connectivity index (χ0) is 18.1. The van der Waals surface area contributed by atoms with Gasteiger partial charge in [0.15, 0.2) is 0 Å². The monoisotopic (exact) mass is 355 g/mol. The summed E-state index contributed by atoms with van der Waals surface area (Å²) in [7, 11) is -3.08. The highest BCUT2D eigenvalue weighted by molar-refractivity contribution is 7.92. The molecule has 0 unspecified atom stereocenters. The fourth-order valence-electron chi connectivity index (χ4n) is 2.19. The molecule has 2 aromatic carbocycles. The molecule has 5 nitrogen and oxygen atoms in total. The van der Waals surface area contributed by atoms with Crippen molar-refractivity contribution in [2.24, 2.45) is 0 Å². The van der Waals surface area contributed by atoms with Crippen LogP contribution < -0.4 is 4.72 Å². The highest BCUT2D eigenvalue weighted by atomic mass is 32.2. The summed E-state index contributed by atoms with van der Waals surface area (Å²) in [6, 6.07) is 5.83. The van der Waals surface area contributed by atoms with Gasteiger partial charge in [0.05, 0.1) is 23.3 Å². The van der Waals surface area contributed by atoms with Crippen molar-refractivity contribution in [1.82, 2.24) is 0 Å². The van der Waals surface area contributed by atoms with E-state index in [1.165, 1.54) is 6.07 Å². The van der Waals surface area contributed by atoms with E-state index in [1.807, 2.05) is 4.72 Å². The summed E-state index contributed by atoms with van der Waals surface area (Å²) in [5.41, 5.74) is 0.222. The van der Waals surface area contributed by atoms with Crippen LogP contribution in [0.2, 0.25) is 0 Å². The van der Waals surface area contributed by atoms with Gasteiger partial charge in [0.1, 0.15) is 11.6 Å². The number of ether oxygens (including phenoxy) is 1. The Balaban J connectivity index is 2.48. The Bertz CT molecular complexity index is 911. The van der Waals surface area contributed by atoms with E-state index < -0.39 is 38.9 Å². The maximum Gasteiger partial charge on any atom is 0.340 e. The number of hydrogen-bond donors (Lipinski definition) is 1. The van der Waals surface area contributed by atoms with Crippen LogP contribution in [0.4, 0.5) is 14.5 Å². The number of nitrogens with one attached hydrogen (secondary N) is 1. The molecule has 0 bridgehead atoms. The number of benzene rings is 2. The number of methoxy groups -OCH3 is 1. The van der Waals surface area contributed by atoms with Crippen LogP contribution in [0.5, 0.6) is 0 Å². The van der Waals surface area contributed by atoms with E-state index in [9.17, 15) is 22.0 Å². The predicted molar refractivity (Wildman–Crippen MR) is 84.4 cm³/mol. The van der Waals surface area contributed by atoms with E-state index in [0.717, 1.165) is 18.7 Å². The van der Waals surface area contributed by atoms with Crippen LogP contribution in [0.25, 0.3) is 0 Å². The topological polar surface area (TPSA) is 72.5 Å². The second-order valence-electron chi connectivity index (χ2n) is 5.18. The Morgan fingerprint density at radius 1 is 1.08 bits per heavy atom. The molecule has 0 aliphatic heterocycles. The molecule has 1 N–H and O–H groups in total. The van der Waals surface area contributed by atoms with Crippen molar-refractivity contribution in [2.45, 2.75) is 18.7 Å². The van der Waals surface area contributed by atoms with Crippen LogP contribution in [0.1, 0.15) is 21.5 Å². The van der Waals surface area contributed by atoms with Crippen LogP contribution in [-0.2, 0) is 14.8 Å². The molecule has 0 fully saturated rings. The van der Waals surface area contributed by atoms with Crippen molar-refractivity contribution >= 4 is 21.7 Å². The van der Waals surface area contributed by atoms with Crippen molar-refractivity contribution in [3.8, 4) is 0 Å². The van der Waals surface area contributed by atoms with E-state index in [0.29, 0.717) is 11.6 Å². The summed E-state index contributed by atoms with van der Waals surface area (Å²) in [5.74, 6) is -3.33. The van der Waals surface area contributed by atoms with Crippen LogP contribution in [0.15, 0.2) is 35.2 Å². The first-order valence-electron chi connectivity index (χ1n) is 6.83. The van der Waals surface area contributed by atoms with Crippen LogP contribution in [0, 0.1) is 25.5 Å². The summed E-state index contributed by atoms with van der Waals surface area (Å²) < 4.78 is 58.8. The van der Waals surface area contributed by atoms with Crippen LogP contribution >= 0.6 is 0 Å². The molecule has 8 heteroatoms. The number of anilines is 1. The van der Waals surface area contributed by atoms with Gasteiger partial charge < -0.3 is 4.74 Å². The molecular formula is C16H15F2NO4S. The molecule has 0 spiro atoms. The highest BCUT2D eigenvalue weighted by Gasteiger charge is 2.22. The molecule has 0 aliphatic rings. The number of rotatable bonds is 4. The number of carbonyl (C=O) groups excluding carboxylic acids is 1. The number of esters is 1. The molecule has 0 atom stereocenters. The molecule has 0 heterocycles. The first-order valence-corrected chi connectivity index (χ1v) is 8.31. The molecule has 0 aromatic heterocycles. The normalized spacial score (nSPS) is 11.2. The molecule has 0 saturated heterocycles. The van der Waals surface area contributed by atoms with Crippen molar-refractivity contribution < 1.29 is 26.7 Å². The second kappa shape index (κ2) is 6.56. The highest BCUT2D eigenvalue weighted by Crippen LogP contribution is 2.25. The lowest BCUT2D eigenvalue weighted by atomic mass is 10.2. The SMILES string of the molecule is COC(=O)c1cc(NS(=O)(=O)c2ccc(C)cc2C)c(F)cc1F. The summed E-state index contributed by atoms with van der Waals surface area (Å²) in [4.78, 5) is 11.4. The minimum absolute atomic E-state index is 0.0450. The van der Waals surface area contributed by atoms with Gasteiger partial charge >= 0.3 is 5.97 Å². The van der Waals surface area contributed by atoms with E-state index in [-0.39, 0.29) is 4.90 Å². The van der Waals surface area contributed by atoms with Crippen molar-refractivity contribution in [1.29, 1.82) is 0 Å². The van der Waals surface area contributed by atoms with E-state index >= 15 is 0 Å². The third kappa shape index (κ3) is 3.53. The van der Waals surface area contributed by atoms with Gasteiger partial charge in [0.25, 0.3) is 10.0 Å². The number of sulfonamides is 1. The smallest absolute Gasteiger partial charge is 0.340 e. The lowest BCUT2D eigenvalue weighted by molar-refractivity contribution is 0.0595. The summed E-state index contributed by atoms with van der Waals surface area (Å²) >= 11 is 0. The van der Waals surface area contributed by atoms with Gasteiger partial charge in [0.2, 0.25) is 0 Å². The van der Waals surface area contributed by atoms with Crippen molar-refractivity contribution in [3.05, 3.63) is 58.7 Å². The van der Waals surface area contributed by atoms with Gasteiger partial charge in [0, 0.05) is 6.07 Å². The molecule has 128 valence electrons. The number of carbonyl (C=O) groups is 1. The zero-order valence-electron chi connectivity index (χ0n) is 13.2. The zero-order valence-corrected chi connectivity index (χ0v) is 14.0. The van der Waals surface area contributed by atoms with Crippen LogP contribution in [-0.4, -0.2) is 21.5 Å². The molecule has 2 rings (SSSR count). The predicted octanol–water partition coefficient (Wildman–Crippen LogP) is 3.17. The molecule has 0 saturated carbocycles. The van der Waals surface area contributed by atoms with Gasteiger partial charge in [-0.05, 0) is 31.5 Å².